The van der Waals surface area contributed by atoms with Crippen molar-refractivity contribution in [1.82, 2.24) is 4.57 Å². The van der Waals surface area contributed by atoms with E-state index in [1.807, 2.05) is 32.1 Å². The molecule has 2 heteroatoms. The summed E-state index contributed by atoms with van der Waals surface area (Å²) in [5.74, 6) is 0. The van der Waals surface area contributed by atoms with Crippen LogP contribution in [-0.4, -0.2) is 4.57 Å². The first-order chi connectivity index (χ1) is 25.9. The molecular weight excluding hydrogens is 641 g/mol. The Morgan fingerprint density at radius 1 is 0.698 bits per heavy atom. The molecule has 0 radical (unpaired) electrons. The van der Waals surface area contributed by atoms with E-state index in [0.29, 0.717) is 0 Å². The van der Waals surface area contributed by atoms with Crippen LogP contribution in [0, 0.1) is 6.92 Å². The molecule has 0 atom stereocenters. The third-order valence-electron chi connectivity index (χ3n) is 9.69. The molecule has 2 nitrogen and oxygen atoms in total. The van der Waals surface area contributed by atoms with Crippen LogP contribution in [0.25, 0.3) is 44.7 Å². The second-order valence-electron chi connectivity index (χ2n) is 12.8. The summed E-state index contributed by atoms with van der Waals surface area (Å²) < 4.78 is 2.41. The van der Waals surface area contributed by atoms with Gasteiger partial charge >= 0.3 is 0 Å². The maximum atomic E-state index is 4.37. The summed E-state index contributed by atoms with van der Waals surface area (Å²) in [5, 5.41) is 2.60. The van der Waals surface area contributed by atoms with Gasteiger partial charge in [-0.2, -0.15) is 0 Å². The van der Waals surface area contributed by atoms with Gasteiger partial charge in [0.2, 0.25) is 0 Å². The van der Waals surface area contributed by atoms with Gasteiger partial charge in [-0.1, -0.05) is 142 Å². The van der Waals surface area contributed by atoms with Crippen LogP contribution in [0.2, 0.25) is 0 Å². The molecule has 262 valence electrons. The van der Waals surface area contributed by atoms with Crippen molar-refractivity contribution in [2.24, 2.45) is 0 Å². The lowest BCUT2D eigenvalue weighted by Gasteiger charge is -2.27. The van der Waals surface area contributed by atoms with E-state index >= 15 is 0 Å². The number of aryl methyl sites for hydroxylation is 1. The van der Waals surface area contributed by atoms with Crippen molar-refractivity contribution in [3.05, 3.63) is 217 Å². The van der Waals surface area contributed by atoms with Gasteiger partial charge in [-0.3, -0.25) is 0 Å². The third-order valence-corrected chi connectivity index (χ3v) is 9.69. The highest BCUT2D eigenvalue weighted by molar-refractivity contribution is 6.10. The quantitative estimate of drug-likeness (QED) is 0.164. The van der Waals surface area contributed by atoms with Crippen molar-refractivity contribution in [3.8, 4) is 5.69 Å². The molecule has 0 unspecified atom stereocenters. The molecular formula is C51H48N2. The summed E-state index contributed by atoms with van der Waals surface area (Å²) in [6, 6.07) is 40.8. The van der Waals surface area contributed by atoms with Gasteiger partial charge in [0.15, 0.2) is 0 Å². The van der Waals surface area contributed by atoms with E-state index < -0.39 is 0 Å². The average molecular weight is 689 g/mol. The highest BCUT2D eigenvalue weighted by Gasteiger charge is 2.23. The molecule has 0 saturated carbocycles. The Hall–Kier alpha value is -6.38. The summed E-state index contributed by atoms with van der Waals surface area (Å²) in [4.78, 5) is 2.21. The van der Waals surface area contributed by atoms with Crippen LogP contribution in [0.1, 0.15) is 49.9 Å². The van der Waals surface area contributed by atoms with Gasteiger partial charge in [-0.15, -0.1) is 0 Å². The van der Waals surface area contributed by atoms with Crippen molar-refractivity contribution < 1.29 is 0 Å². The Morgan fingerprint density at radius 3 is 2.15 bits per heavy atom. The molecule has 8 rings (SSSR count). The fraction of sp³-hybridized carbons (Fsp3) is 0.0980. The van der Waals surface area contributed by atoms with Gasteiger partial charge in [0.25, 0.3) is 0 Å². The average Bonchev–Trinajstić information content (AvgIpc) is 3.74. The zero-order valence-electron chi connectivity index (χ0n) is 31.6. The molecule has 1 aromatic heterocycles. The molecule has 0 spiro atoms. The van der Waals surface area contributed by atoms with Crippen LogP contribution >= 0.6 is 0 Å². The fourth-order valence-electron chi connectivity index (χ4n) is 7.26. The first kappa shape index (κ1) is 36.4. The smallest absolute Gasteiger partial charge is 0.0546 e. The Bertz CT molecular complexity index is 2490. The molecule has 2 heterocycles. The minimum Gasteiger partial charge on any atom is -0.317 e. The molecule has 0 N–H and O–H groups in total. The van der Waals surface area contributed by atoms with Crippen molar-refractivity contribution in [3.63, 3.8) is 0 Å². The first-order valence-electron chi connectivity index (χ1n) is 18.4. The van der Waals surface area contributed by atoms with E-state index in [1.54, 1.807) is 6.08 Å². The van der Waals surface area contributed by atoms with Crippen LogP contribution in [0.3, 0.4) is 0 Å². The number of nitrogens with zero attached hydrogens (tertiary/aromatic N) is 2. The summed E-state index contributed by atoms with van der Waals surface area (Å²) in [7, 11) is 0. The third kappa shape index (κ3) is 6.97. The van der Waals surface area contributed by atoms with E-state index in [0.717, 1.165) is 28.1 Å². The number of allylic oxidation sites excluding steroid dienone is 11. The number of hydrogen-bond acceptors (Lipinski definition) is 1. The van der Waals surface area contributed by atoms with E-state index in [9.17, 15) is 0 Å². The van der Waals surface area contributed by atoms with Gasteiger partial charge in [0.1, 0.15) is 0 Å². The topological polar surface area (TPSA) is 8.17 Å². The van der Waals surface area contributed by atoms with Gasteiger partial charge in [-0.05, 0) is 109 Å². The molecule has 0 bridgehead atoms. The Morgan fingerprint density at radius 2 is 1.40 bits per heavy atom. The van der Waals surface area contributed by atoms with Gasteiger partial charge < -0.3 is 9.47 Å². The molecule has 6 aromatic rings. The summed E-state index contributed by atoms with van der Waals surface area (Å²) >= 11 is 0. The molecule has 1 aliphatic carbocycles. The van der Waals surface area contributed by atoms with Gasteiger partial charge in [-0.25, -0.2) is 0 Å². The highest BCUT2D eigenvalue weighted by Crippen LogP contribution is 2.43. The lowest BCUT2D eigenvalue weighted by atomic mass is 9.92. The minimum atomic E-state index is 1.02. The summed E-state index contributed by atoms with van der Waals surface area (Å²) in [6.07, 6.45) is 16.5. The standard InChI is InChI=1S/C26H21N.C23H21N.C2H6/c1-4-18-16-19-9-8-12-25(26(19)20(18)5-2)27-23-11-7-6-10-21(23)22-15-17(3)13-14-24(22)27;1-4-5-13-21-18(2)16-17-24(20-11-7-6-8-12-20)23-15-10-9-14-22(23)19(21)3;1-2/h4-16H,1H2,2-3H3;4-17H,1,3H2,2H3;1-2H3/b20-5-;13-5-,17-16-,21-18-;. The second kappa shape index (κ2) is 16.3. The number of fused-ring (bicyclic) bond motifs is 5. The summed E-state index contributed by atoms with van der Waals surface area (Å²) in [5.41, 5.74) is 16.7. The lowest BCUT2D eigenvalue weighted by Crippen LogP contribution is -2.12. The van der Waals surface area contributed by atoms with E-state index in [2.05, 4.69) is 190 Å². The van der Waals surface area contributed by atoms with E-state index in [-0.39, 0.29) is 0 Å². The number of hydrogen-bond donors (Lipinski definition) is 0. The van der Waals surface area contributed by atoms with Crippen LogP contribution in [-0.2, 0) is 0 Å². The number of anilines is 2. The molecule has 2 aliphatic rings. The fourth-order valence-corrected chi connectivity index (χ4v) is 7.26. The van der Waals surface area contributed by atoms with Crippen molar-refractivity contribution >= 4 is 50.4 Å². The summed E-state index contributed by atoms with van der Waals surface area (Å²) in [6.45, 7) is 22.5. The zero-order valence-corrected chi connectivity index (χ0v) is 31.6. The molecule has 0 saturated heterocycles. The molecule has 0 fully saturated rings. The molecule has 5 aromatic carbocycles. The predicted octanol–water partition coefficient (Wildman–Crippen LogP) is 14.5. The van der Waals surface area contributed by atoms with Crippen molar-refractivity contribution in [2.75, 3.05) is 4.90 Å². The van der Waals surface area contributed by atoms with Gasteiger partial charge in [0.05, 0.1) is 22.4 Å². The molecule has 53 heavy (non-hydrogen) atoms. The lowest BCUT2D eigenvalue weighted by molar-refractivity contribution is 1.17. The maximum absolute atomic E-state index is 4.37. The Labute approximate surface area is 315 Å². The maximum Gasteiger partial charge on any atom is 0.0546 e. The van der Waals surface area contributed by atoms with Crippen LogP contribution < -0.4 is 4.90 Å². The number of rotatable bonds is 5. The predicted molar refractivity (Wildman–Crippen MR) is 234 cm³/mol. The zero-order chi connectivity index (χ0) is 37.5. The SMILES string of the molecule is C=CC1=Cc2cccc(-n3c4ccccc4c4cc(C)ccc43)c2/C1=C\C.C=C\C=C/C1=C(C)/C=C\N(c2ccccc2)c2ccccc2C1=C.CC. The number of para-hydroxylation sites is 3. The van der Waals surface area contributed by atoms with Crippen molar-refractivity contribution in [1.29, 1.82) is 0 Å². The largest absolute Gasteiger partial charge is 0.317 e. The van der Waals surface area contributed by atoms with E-state index in [4.69, 9.17) is 0 Å². The highest BCUT2D eigenvalue weighted by atomic mass is 15.1. The van der Waals surface area contributed by atoms with Crippen LogP contribution in [0.4, 0.5) is 11.4 Å². The Kier molecular flexibility index (Phi) is 11.2. The van der Waals surface area contributed by atoms with Crippen molar-refractivity contribution in [2.45, 2.75) is 34.6 Å². The first-order valence-corrected chi connectivity index (χ1v) is 18.4. The molecule has 1 aliphatic heterocycles. The minimum absolute atomic E-state index is 1.02. The molecule has 0 amide bonds. The van der Waals surface area contributed by atoms with E-state index in [1.165, 1.54) is 60.9 Å². The van der Waals surface area contributed by atoms with Crippen LogP contribution in [0.15, 0.2) is 194 Å². The van der Waals surface area contributed by atoms with Gasteiger partial charge in [0, 0.05) is 33.8 Å². The Balaban J connectivity index is 0.000000175. The normalized spacial score (nSPS) is 16.2. The number of benzene rings is 5. The second-order valence-corrected chi connectivity index (χ2v) is 12.8. The van der Waals surface area contributed by atoms with Crippen LogP contribution in [0.5, 0.6) is 0 Å². The monoisotopic (exact) mass is 688 g/mol. The number of aromatic nitrogens is 1.